The summed E-state index contributed by atoms with van der Waals surface area (Å²) in [6.45, 7) is 3.03. The van der Waals surface area contributed by atoms with Gasteiger partial charge in [-0.25, -0.2) is 0 Å². The Labute approximate surface area is 127 Å². The summed E-state index contributed by atoms with van der Waals surface area (Å²) in [6, 6.07) is 4.09. The number of aryl methyl sites for hydroxylation is 1. The predicted octanol–water partition coefficient (Wildman–Crippen LogP) is 1.05. The minimum Gasteiger partial charge on any atom is -0.378 e. The van der Waals surface area contributed by atoms with Crippen LogP contribution in [0, 0.1) is 6.92 Å². The first-order valence-electron chi connectivity index (χ1n) is 7.05. The summed E-state index contributed by atoms with van der Waals surface area (Å²) in [5.74, 6) is 0.165. The van der Waals surface area contributed by atoms with Crippen LogP contribution in [0.2, 0.25) is 0 Å². The summed E-state index contributed by atoms with van der Waals surface area (Å²) < 4.78 is 27.2. The van der Waals surface area contributed by atoms with Crippen LogP contribution in [-0.4, -0.2) is 63.3 Å². The fraction of sp³-hybridized carbons (Fsp3) is 0.643. The number of hydrogen-bond acceptors (Lipinski definition) is 4. The van der Waals surface area contributed by atoms with Crippen LogP contribution in [0.3, 0.4) is 0 Å². The van der Waals surface area contributed by atoms with Crippen LogP contribution >= 0.6 is 0 Å². The Morgan fingerprint density at radius 2 is 1.90 bits per heavy atom. The third-order valence-corrected chi connectivity index (χ3v) is 5.74. The predicted molar refractivity (Wildman–Crippen MR) is 84.8 cm³/mol. The Morgan fingerprint density at radius 3 is 2.48 bits per heavy atom. The minimum atomic E-state index is -3.33. The maximum Gasteiger partial charge on any atom is 0.281 e. The van der Waals surface area contributed by atoms with E-state index in [0.29, 0.717) is 13.1 Å². The van der Waals surface area contributed by atoms with E-state index >= 15 is 0 Å². The lowest BCUT2D eigenvalue weighted by molar-refractivity contribution is 0.418. The van der Waals surface area contributed by atoms with E-state index in [0.717, 1.165) is 23.5 Å². The van der Waals surface area contributed by atoms with Crippen molar-refractivity contribution < 1.29 is 8.42 Å². The van der Waals surface area contributed by atoms with Crippen LogP contribution < -0.4 is 4.90 Å². The molecule has 1 aliphatic rings. The topological polar surface area (TPSA) is 56.8 Å². The van der Waals surface area contributed by atoms with Gasteiger partial charge in [0.2, 0.25) is 0 Å². The number of anilines is 1. The maximum absolute atomic E-state index is 12.2. The smallest absolute Gasteiger partial charge is 0.281 e. The van der Waals surface area contributed by atoms with Crippen LogP contribution in [0.5, 0.6) is 0 Å². The Morgan fingerprint density at radius 1 is 1.24 bits per heavy atom. The summed E-state index contributed by atoms with van der Waals surface area (Å²) in [5, 5.41) is 0. The van der Waals surface area contributed by atoms with Gasteiger partial charge in [0.25, 0.3) is 10.2 Å². The molecule has 6 nitrogen and oxygen atoms in total. The van der Waals surface area contributed by atoms with E-state index in [1.54, 1.807) is 14.1 Å². The highest BCUT2D eigenvalue weighted by atomic mass is 32.2. The van der Waals surface area contributed by atoms with Crippen molar-refractivity contribution in [1.82, 2.24) is 13.6 Å². The summed E-state index contributed by atoms with van der Waals surface area (Å²) in [7, 11) is 3.80. The number of hydrogen-bond donors (Lipinski definition) is 0. The number of rotatable bonds is 4. The molecule has 118 valence electrons. The van der Waals surface area contributed by atoms with Gasteiger partial charge in [-0.2, -0.15) is 17.0 Å². The van der Waals surface area contributed by atoms with Gasteiger partial charge < -0.3 is 4.90 Å². The van der Waals surface area contributed by atoms with E-state index in [4.69, 9.17) is 0 Å². The first kappa shape index (κ1) is 16.2. The number of nitrogens with zero attached hydrogens (tertiary/aromatic N) is 4. The van der Waals surface area contributed by atoms with Crippen LogP contribution in [0.15, 0.2) is 12.1 Å². The van der Waals surface area contributed by atoms with E-state index in [2.05, 4.69) is 11.1 Å². The zero-order chi connectivity index (χ0) is 15.8. The first-order valence-corrected chi connectivity index (χ1v) is 8.45. The maximum atomic E-state index is 12.2. The van der Waals surface area contributed by atoms with Crippen LogP contribution in [-0.2, 0) is 10.2 Å². The average molecular weight is 312 g/mol. The zero-order valence-corrected chi connectivity index (χ0v) is 14.2. The third-order valence-electron chi connectivity index (χ3n) is 3.83. The van der Waals surface area contributed by atoms with Gasteiger partial charge in [0.15, 0.2) is 0 Å². The van der Waals surface area contributed by atoms with Gasteiger partial charge in [-0.1, -0.05) is 0 Å². The Kier molecular flexibility index (Phi) is 4.55. The van der Waals surface area contributed by atoms with Gasteiger partial charge in [-0.05, 0) is 25.5 Å². The van der Waals surface area contributed by atoms with Gasteiger partial charge in [0.1, 0.15) is 0 Å². The van der Waals surface area contributed by atoms with Crippen LogP contribution in [0.1, 0.15) is 23.7 Å². The molecule has 0 saturated carbocycles. The lowest BCUT2D eigenvalue weighted by Gasteiger charge is -2.21. The molecule has 0 radical (unpaired) electrons. The molecule has 0 bridgehead atoms. The van der Waals surface area contributed by atoms with Crippen molar-refractivity contribution in [2.75, 3.05) is 46.2 Å². The highest BCUT2D eigenvalue weighted by Crippen LogP contribution is 2.30. The fourth-order valence-electron chi connectivity index (χ4n) is 2.55. The minimum absolute atomic E-state index is 0.165. The molecule has 7 heteroatoms. The molecule has 1 atom stereocenters. The second-order valence-corrected chi connectivity index (χ2v) is 8.06. The number of aromatic nitrogens is 1. The molecule has 1 aromatic rings. The molecule has 21 heavy (non-hydrogen) atoms. The van der Waals surface area contributed by atoms with Crippen molar-refractivity contribution in [1.29, 1.82) is 0 Å². The second-order valence-electron chi connectivity index (χ2n) is 5.92. The van der Waals surface area contributed by atoms with Crippen molar-refractivity contribution in [2.24, 2.45) is 0 Å². The van der Waals surface area contributed by atoms with Crippen molar-refractivity contribution in [3.8, 4) is 0 Å². The van der Waals surface area contributed by atoms with Gasteiger partial charge in [-0.15, -0.1) is 0 Å². The molecule has 0 N–H and O–H groups in total. The standard InChI is InChI=1S/C14H24N4O2S/c1-11-8-13(16(2)3)9-14(15-11)12-6-7-18(10-12)21(19,20)17(4)5/h8-9,12H,6-7,10H2,1-5H3/t12-/m0/s1. The van der Waals surface area contributed by atoms with E-state index < -0.39 is 10.2 Å². The second kappa shape index (κ2) is 5.90. The molecule has 1 aliphatic heterocycles. The molecule has 0 aliphatic carbocycles. The highest BCUT2D eigenvalue weighted by Gasteiger charge is 2.34. The van der Waals surface area contributed by atoms with E-state index in [-0.39, 0.29) is 5.92 Å². The molecule has 1 aromatic heterocycles. The van der Waals surface area contributed by atoms with E-state index in [9.17, 15) is 8.42 Å². The van der Waals surface area contributed by atoms with Gasteiger partial charge in [-0.3, -0.25) is 4.98 Å². The zero-order valence-electron chi connectivity index (χ0n) is 13.4. The van der Waals surface area contributed by atoms with Crippen LogP contribution in [0.4, 0.5) is 5.69 Å². The Balaban J connectivity index is 2.22. The summed E-state index contributed by atoms with van der Waals surface area (Å²) in [5.41, 5.74) is 3.05. The Bertz CT molecular complexity index is 613. The summed E-state index contributed by atoms with van der Waals surface area (Å²) >= 11 is 0. The monoisotopic (exact) mass is 312 g/mol. The van der Waals surface area contributed by atoms with E-state index in [1.807, 2.05) is 32.0 Å². The van der Waals surface area contributed by atoms with Gasteiger partial charge in [0, 0.05) is 64.3 Å². The normalized spacial score (nSPS) is 20.2. The molecule has 0 spiro atoms. The molecular weight excluding hydrogens is 288 g/mol. The van der Waals surface area contributed by atoms with Crippen molar-refractivity contribution in [2.45, 2.75) is 19.3 Å². The molecule has 1 fully saturated rings. The lowest BCUT2D eigenvalue weighted by atomic mass is 10.0. The highest BCUT2D eigenvalue weighted by molar-refractivity contribution is 7.86. The molecule has 0 amide bonds. The molecule has 0 unspecified atom stereocenters. The molecule has 2 heterocycles. The van der Waals surface area contributed by atoms with Crippen LogP contribution in [0.25, 0.3) is 0 Å². The lowest BCUT2D eigenvalue weighted by Crippen LogP contribution is -2.38. The molecule has 2 rings (SSSR count). The quantitative estimate of drug-likeness (QED) is 0.834. The Hall–Kier alpha value is -1.18. The first-order chi connectivity index (χ1) is 9.71. The van der Waals surface area contributed by atoms with Crippen molar-refractivity contribution in [3.05, 3.63) is 23.5 Å². The largest absolute Gasteiger partial charge is 0.378 e. The third kappa shape index (κ3) is 3.36. The molecule has 0 aromatic carbocycles. The van der Waals surface area contributed by atoms with E-state index in [1.165, 1.54) is 8.61 Å². The fourth-order valence-corrected chi connectivity index (χ4v) is 3.72. The van der Waals surface area contributed by atoms with Gasteiger partial charge >= 0.3 is 0 Å². The molecular formula is C14H24N4O2S. The SMILES string of the molecule is Cc1cc(N(C)C)cc([C@H]2CCN(S(=O)(=O)N(C)C)C2)n1. The van der Waals surface area contributed by atoms with Crippen molar-refractivity contribution >= 4 is 15.9 Å². The van der Waals surface area contributed by atoms with Crippen molar-refractivity contribution in [3.63, 3.8) is 0 Å². The summed E-state index contributed by atoms with van der Waals surface area (Å²) in [4.78, 5) is 6.64. The number of pyridine rings is 1. The van der Waals surface area contributed by atoms with Gasteiger partial charge in [0.05, 0.1) is 0 Å². The molecule has 1 saturated heterocycles. The summed E-state index contributed by atoms with van der Waals surface area (Å²) in [6.07, 6.45) is 0.816. The average Bonchev–Trinajstić information content (AvgIpc) is 2.87.